The molecular weight excluding hydrogens is 438 g/mol. The summed E-state index contributed by atoms with van der Waals surface area (Å²) in [6.07, 6.45) is 1.36. The van der Waals surface area contributed by atoms with Crippen LogP contribution in [0, 0.1) is 6.92 Å². The Bertz CT molecular complexity index is 1280. The van der Waals surface area contributed by atoms with Crippen molar-refractivity contribution in [3.05, 3.63) is 87.6 Å². The number of aryl methyl sites for hydroxylation is 1. The van der Waals surface area contributed by atoms with Crippen molar-refractivity contribution in [3.63, 3.8) is 0 Å². The number of halogens is 1. The molecule has 156 valence electrons. The molecule has 7 nitrogen and oxygen atoms in total. The molecule has 0 fully saturated rings. The molecule has 31 heavy (non-hydrogen) atoms. The fourth-order valence-corrected chi connectivity index (χ4v) is 4.38. The van der Waals surface area contributed by atoms with Gasteiger partial charge in [0.2, 0.25) is 0 Å². The number of anilines is 1. The molecule has 9 heteroatoms. The van der Waals surface area contributed by atoms with Crippen LogP contribution in [0.4, 0.5) is 5.69 Å². The van der Waals surface area contributed by atoms with Crippen LogP contribution in [0.5, 0.6) is 0 Å². The summed E-state index contributed by atoms with van der Waals surface area (Å²) in [5.41, 5.74) is 6.45. The first-order valence-electron chi connectivity index (χ1n) is 9.16. The lowest BCUT2D eigenvalue weighted by atomic mass is 10.2. The van der Waals surface area contributed by atoms with Gasteiger partial charge in [-0.1, -0.05) is 23.7 Å². The van der Waals surface area contributed by atoms with E-state index in [-0.39, 0.29) is 11.7 Å². The van der Waals surface area contributed by atoms with E-state index >= 15 is 0 Å². The predicted octanol–water partition coefficient (Wildman–Crippen LogP) is 4.78. The zero-order chi connectivity index (χ0) is 22.0. The van der Waals surface area contributed by atoms with Crippen LogP contribution in [-0.4, -0.2) is 17.7 Å². The Morgan fingerprint density at radius 1 is 0.935 bits per heavy atom. The zero-order valence-corrected chi connectivity index (χ0v) is 17.8. The lowest BCUT2D eigenvalue weighted by molar-refractivity contribution is 0.0831. The van der Waals surface area contributed by atoms with Crippen molar-refractivity contribution < 1.29 is 18.8 Å². The number of hydrazine groups is 1. The number of benzene rings is 2. The van der Waals surface area contributed by atoms with Gasteiger partial charge in [0, 0.05) is 21.3 Å². The lowest BCUT2D eigenvalue weighted by Crippen LogP contribution is -2.41. The minimum atomic E-state index is -0.572. The van der Waals surface area contributed by atoms with Gasteiger partial charge >= 0.3 is 5.91 Å². The minimum absolute atomic E-state index is 0.0772. The third-order valence-electron chi connectivity index (χ3n) is 4.43. The minimum Gasteiger partial charge on any atom is -0.459 e. The van der Waals surface area contributed by atoms with E-state index in [9.17, 15) is 14.4 Å². The van der Waals surface area contributed by atoms with Gasteiger partial charge in [0.15, 0.2) is 5.76 Å². The van der Waals surface area contributed by atoms with Crippen molar-refractivity contribution in [2.24, 2.45) is 0 Å². The van der Waals surface area contributed by atoms with Gasteiger partial charge in [-0.3, -0.25) is 25.2 Å². The third-order valence-corrected chi connectivity index (χ3v) is 6.09. The fourth-order valence-electron chi connectivity index (χ4n) is 2.87. The van der Waals surface area contributed by atoms with Gasteiger partial charge in [-0.25, -0.2) is 0 Å². The number of amides is 3. The van der Waals surface area contributed by atoms with E-state index in [4.69, 9.17) is 16.0 Å². The standard InChI is InChI=1S/C22H16ClN3O4S/c1-12-4-9-15-17(11-12)31-19(18(15)23)22(29)24-14-7-5-13(6-8-14)20(27)25-26-21(28)16-3-2-10-30-16/h2-11H,1H3,(H,24,29)(H,25,27)(H,26,28). The highest BCUT2D eigenvalue weighted by molar-refractivity contribution is 7.21. The summed E-state index contributed by atoms with van der Waals surface area (Å²) in [4.78, 5) is 37.1. The number of hydrogen-bond acceptors (Lipinski definition) is 5. The fraction of sp³-hybridized carbons (Fsp3) is 0.0455. The number of thiophene rings is 1. The van der Waals surface area contributed by atoms with Crippen molar-refractivity contribution in [1.29, 1.82) is 0 Å². The Labute approximate surface area is 186 Å². The first kappa shape index (κ1) is 20.6. The Morgan fingerprint density at radius 2 is 1.68 bits per heavy atom. The molecular formula is C22H16ClN3O4S. The van der Waals surface area contributed by atoms with Crippen LogP contribution in [0.25, 0.3) is 10.1 Å². The summed E-state index contributed by atoms with van der Waals surface area (Å²) < 4.78 is 5.89. The van der Waals surface area contributed by atoms with E-state index in [2.05, 4.69) is 16.2 Å². The number of fused-ring (bicyclic) bond motifs is 1. The maximum atomic E-state index is 12.7. The molecule has 0 spiro atoms. The van der Waals surface area contributed by atoms with E-state index in [1.165, 1.54) is 35.8 Å². The van der Waals surface area contributed by atoms with E-state index in [0.717, 1.165) is 15.6 Å². The molecule has 2 aromatic heterocycles. The Hall–Kier alpha value is -3.62. The van der Waals surface area contributed by atoms with E-state index in [1.807, 2.05) is 25.1 Å². The second-order valence-corrected chi connectivity index (χ2v) is 8.09. The van der Waals surface area contributed by atoms with Crippen LogP contribution >= 0.6 is 22.9 Å². The monoisotopic (exact) mass is 453 g/mol. The van der Waals surface area contributed by atoms with Crippen LogP contribution < -0.4 is 16.2 Å². The summed E-state index contributed by atoms with van der Waals surface area (Å²) in [6, 6.07) is 15.1. The molecule has 4 aromatic rings. The van der Waals surface area contributed by atoms with Crippen molar-refractivity contribution in [1.82, 2.24) is 10.9 Å². The highest BCUT2D eigenvalue weighted by Gasteiger charge is 2.18. The van der Waals surface area contributed by atoms with Crippen molar-refractivity contribution in [3.8, 4) is 0 Å². The molecule has 3 N–H and O–H groups in total. The molecule has 0 aliphatic heterocycles. The predicted molar refractivity (Wildman–Crippen MR) is 120 cm³/mol. The Balaban J connectivity index is 1.40. The smallest absolute Gasteiger partial charge is 0.305 e. The molecule has 2 aromatic carbocycles. The maximum Gasteiger partial charge on any atom is 0.305 e. The van der Waals surface area contributed by atoms with Gasteiger partial charge in [-0.15, -0.1) is 11.3 Å². The average molecular weight is 454 g/mol. The molecule has 2 heterocycles. The summed E-state index contributed by atoms with van der Waals surface area (Å²) >= 11 is 7.72. The summed E-state index contributed by atoms with van der Waals surface area (Å²) in [7, 11) is 0. The second-order valence-electron chi connectivity index (χ2n) is 6.66. The highest BCUT2D eigenvalue weighted by Crippen LogP contribution is 2.36. The van der Waals surface area contributed by atoms with Crippen LogP contribution in [-0.2, 0) is 0 Å². The maximum absolute atomic E-state index is 12.7. The van der Waals surface area contributed by atoms with Crippen molar-refractivity contribution in [2.45, 2.75) is 6.92 Å². The first-order chi connectivity index (χ1) is 14.9. The molecule has 0 radical (unpaired) electrons. The topological polar surface area (TPSA) is 100 Å². The van der Waals surface area contributed by atoms with E-state index in [0.29, 0.717) is 21.2 Å². The Kier molecular flexibility index (Phi) is 5.75. The molecule has 0 unspecified atom stereocenters. The van der Waals surface area contributed by atoms with E-state index in [1.54, 1.807) is 18.2 Å². The number of carbonyl (C=O) groups excluding carboxylic acids is 3. The molecule has 0 bridgehead atoms. The number of carbonyl (C=O) groups is 3. The molecule has 0 atom stereocenters. The molecule has 0 saturated carbocycles. The van der Waals surface area contributed by atoms with Gasteiger partial charge in [-0.05, 0) is 55.0 Å². The van der Waals surface area contributed by atoms with Crippen LogP contribution in [0.15, 0.2) is 65.3 Å². The van der Waals surface area contributed by atoms with Crippen molar-refractivity contribution in [2.75, 3.05) is 5.32 Å². The zero-order valence-electron chi connectivity index (χ0n) is 16.2. The molecule has 3 amide bonds. The van der Waals surface area contributed by atoms with Crippen LogP contribution in [0.1, 0.15) is 36.1 Å². The first-order valence-corrected chi connectivity index (χ1v) is 10.4. The second kappa shape index (κ2) is 8.63. The SMILES string of the molecule is Cc1ccc2c(Cl)c(C(=O)Nc3ccc(C(=O)NNC(=O)c4ccco4)cc3)sc2c1. The highest BCUT2D eigenvalue weighted by atomic mass is 35.5. The average Bonchev–Trinajstić information content (AvgIpc) is 3.41. The Morgan fingerprint density at radius 3 is 2.39 bits per heavy atom. The summed E-state index contributed by atoms with van der Waals surface area (Å²) in [6.45, 7) is 1.98. The molecule has 0 saturated heterocycles. The third kappa shape index (κ3) is 4.45. The van der Waals surface area contributed by atoms with Gasteiger partial charge in [0.05, 0.1) is 11.3 Å². The molecule has 0 aliphatic rings. The van der Waals surface area contributed by atoms with Gasteiger partial charge in [0.25, 0.3) is 11.8 Å². The van der Waals surface area contributed by atoms with Gasteiger partial charge < -0.3 is 9.73 Å². The van der Waals surface area contributed by atoms with Gasteiger partial charge in [0.1, 0.15) is 4.88 Å². The van der Waals surface area contributed by atoms with Crippen molar-refractivity contribution >= 4 is 56.4 Å². The number of rotatable bonds is 4. The van der Waals surface area contributed by atoms with Crippen LogP contribution in [0.3, 0.4) is 0 Å². The van der Waals surface area contributed by atoms with Crippen LogP contribution in [0.2, 0.25) is 5.02 Å². The summed E-state index contributed by atoms with van der Waals surface area (Å²) in [5, 5.41) is 4.04. The summed E-state index contributed by atoms with van der Waals surface area (Å²) in [5.74, 6) is -1.33. The normalized spacial score (nSPS) is 10.6. The molecule has 4 rings (SSSR count). The lowest BCUT2D eigenvalue weighted by Gasteiger charge is -2.08. The number of nitrogens with one attached hydrogen (secondary N) is 3. The molecule has 0 aliphatic carbocycles. The van der Waals surface area contributed by atoms with Gasteiger partial charge in [-0.2, -0.15) is 0 Å². The number of furan rings is 1. The quantitative estimate of drug-likeness (QED) is 0.387. The van der Waals surface area contributed by atoms with E-state index < -0.39 is 11.8 Å². The number of hydrogen-bond donors (Lipinski definition) is 3. The largest absolute Gasteiger partial charge is 0.459 e.